The summed E-state index contributed by atoms with van der Waals surface area (Å²) in [5.74, 6) is 1.39. The third kappa shape index (κ3) is 5.22. The minimum absolute atomic E-state index is 0.0255. The van der Waals surface area contributed by atoms with E-state index in [0.29, 0.717) is 12.5 Å². The van der Waals surface area contributed by atoms with E-state index in [2.05, 4.69) is 32.9 Å². The van der Waals surface area contributed by atoms with Crippen molar-refractivity contribution in [2.24, 2.45) is 17.1 Å². The number of nitrogens with two attached hydrogens (primary N) is 1. The molecule has 0 aliphatic heterocycles. The van der Waals surface area contributed by atoms with Gasteiger partial charge in [-0.25, -0.2) is 0 Å². The first-order chi connectivity index (χ1) is 10.9. The van der Waals surface area contributed by atoms with Crippen LogP contribution in [0.1, 0.15) is 71.4 Å². The highest BCUT2D eigenvalue weighted by Crippen LogP contribution is 2.33. The lowest BCUT2D eigenvalue weighted by molar-refractivity contribution is -0.119. The van der Waals surface area contributed by atoms with Crippen LogP contribution in [0.5, 0.6) is 5.75 Å². The molecule has 3 nitrogen and oxygen atoms in total. The summed E-state index contributed by atoms with van der Waals surface area (Å²) in [6.45, 7) is 9.21. The maximum atomic E-state index is 6.32. The SMILES string of the molecule is CCOC(Oc1ccc(C(N)C(C)(C)C)cc1)C1CCCCC1. The van der Waals surface area contributed by atoms with Crippen molar-refractivity contribution in [1.29, 1.82) is 0 Å². The van der Waals surface area contributed by atoms with Gasteiger partial charge in [0.2, 0.25) is 6.29 Å². The Bertz CT molecular complexity index is 458. The maximum Gasteiger partial charge on any atom is 0.202 e. The van der Waals surface area contributed by atoms with Crippen molar-refractivity contribution in [3.05, 3.63) is 29.8 Å². The topological polar surface area (TPSA) is 44.5 Å². The Hall–Kier alpha value is -1.06. The Morgan fingerprint density at radius 3 is 2.22 bits per heavy atom. The Morgan fingerprint density at radius 2 is 1.70 bits per heavy atom. The highest BCUT2D eigenvalue weighted by Gasteiger charge is 2.26. The molecule has 2 N–H and O–H groups in total. The average Bonchev–Trinajstić information content (AvgIpc) is 2.54. The van der Waals surface area contributed by atoms with Crippen molar-refractivity contribution < 1.29 is 9.47 Å². The van der Waals surface area contributed by atoms with Gasteiger partial charge >= 0.3 is 0 Å². The number of hydrogen-bond acceptors (Lipinski definition) is 3. The second-order valence-electron chi connectivity index (χ2n) is 7.75. The van der Waals surface area contributed by atoms with Gasteiger partial charge in [0.25, 0.3) is 0 Å². The maximum absolute atomic E-state index is 6.32. The molecule has 0 amide bonds. The number of ether oxygens (including phenoxy) is 2. The molecule has 1 aliphatic rings. The second-order valence-corrected chi connectivity index (χ2v) is 7.75. The number of benzene rings is 1. The van der Waals surface area contributed by atoms with Gasteiger partial charge in [-0.1, -0.05) is 52.2 Å². The van der Waals surface area contributed by atoms with Gasteiger partial charge in [-0.2, -0.15) is 0 Å². The molecule has 1 aromatic carbocycles. The van der Waals surface area contributed by atoms with Crippen molar-refractivity contribution in [2.45, 2.75) is 72.1 Å². The minimum atomic E-state index is -0.123. The Balaban J connectivity index is 2.02. The van der Waals surface area contributed by atoms with E-state index in [1.54, 1.807) is 0 Å². The Kier molecular flexibility index (Phi) is 6.49. The minimum Gasteiger partial charge on any atom is -0.465 e. The van der Waals surface area contributed by atoms with Crippen LogP contribution in [0.2, 0.25) is 0 Å². The molecule has 2 atom stereocenters. The van der Waals surface area contributed by atoms with E-state index in [-0.39, 0.29) is 17.7 Å². The monoisotopic (exact) mass is 319 g/mol. The van der Waals surface area contributed by atoms with Gasteiger partial charge in [-0.3, -0.25) is 0 Å². The van der Waals surface area contributed by atoms with E-state index in [0.717, 1.165) is 11.3 Å². The fourth-order valence-electron chi connectivity index (χ4n) is 3.22. The van der Waals surface area contributed by atoms with Gasteiger partial charge in [-0.05, 0) is 42.9 Å². The van der Waals surface area contributed by atoms with Crippen LogP contribution in [-0.4, -0.2) is 12.9 Å². The molecule has 3 heteroatoms. The van der Waals surface area contributed by atoms with Gasteiger partial charge in [0.15, 0.2) is 0 Å². The van der Waals surface area contributed by atoms with E-state index in [4.69, 9.17) is 15.2 Å². The number of hydrogen-bond donors (Lipinski definition) is 1. The van der Waals surface area contributed by atoms with E-state index < -0.39 is 0 Å². The molecule has 0 spiro atoms. The van der Waals surface area contributed by atoms with Crippen LogP contribution in [0.4, 0.5) is 0 Å². The van der Waals surface area contributed by atoms with Crippen LogP contribution in [0.15, 0.2) is 24.3 Å². The molecule has 1 aliphatic carbocycles. The number of rotatable bonds is 6. The van der Waals surface area contributed by atoms with E-state index in [9.17, 15) is 0 Å². The highest BCUT2D eigenvalue weighted by atomic mass is 16.7. The highest BCUT2D eigenvalue weighted by molar-refractivity contribution is 5.30. The Morgan fingerprint density at radius 1 is 1.09 bits per heavy atom. The van der Waals surface area contributed by atoms with Crippen LogP contribution < -0.4 is 10.5 Å². The summed E-state index contributed by atoms with van der Waals surface area (Å²) < 4.78 is 12.0. The summed E-state index contributed by atoms with van der Waals surface area (Å²) in [6, 6.07) is 8.23. The van der Waals surface area contributed by atoms with Crippen LogP contribution in [0.3, 0.4) is 0 Å². The van der Waals surface area contributed by atoms with Crippen molar-refractivity contribution in [1.82, 2.24) is 0 Å². The molecule has 2 rings (SSSR count). The molecule has 2 unspecified atom stereocenters. The van der Waals surface area contributed by atoms with Gasteiger partial charge < -0.3 is 15.2 Å². The molecule has 0 bridgehead atoms. The Labute approximate surface area is 141 Å². The largest absolute Gasteiger partial charge is 0.465 e. The van der Waals surface area contributed by atoms with Crippen LogP contribution >= 0.6 is 0 Å². The fraction of sp³-hybridized carbons (Fsp3) is 0.700. The van der Waals surface area contributed by atoms with Crippen LogP contribution in [-0.2, 0) is 4.74 Å². The molecule has 23 heavy (non-hydrogen) atoms. The lowest BCUT2D eigenvalue weighted by Crippen LogP contribution is -2.31. The standard InChI is InChI=1S/C20H33NO2/c1-5-22-19(16-9-7-6-8-10-16)23-17-13-11-15(12-14-17)18(21)20(2,3)4/h11-14,16,18-19H,5-10,21H2,1-4H3. The summed E-state index contributed by atoms with van der Waals surface area (Å²) in [6.07, 6.45) is 6.21. The van der Waals surface area contributed by atoms with Gasteiger partial charge in [0.05, 0.1) is 0 Å². The lowest BCUT2D eigenvalue weighted by atomic mass is 9.83. The molecule has 1 fully saturated rings. The predicted octanol–water partition coefficient (Wildman–Crippen LogP) is 5.05. The van der Waals surface area contributed by atoms with Crippen molar-refractivity contribution in [3.8, 4) is 5.75 Å². The first-order valence-electron chi connectivity index (χ1n) is 9.05. The molecule has 130 valence electrons. The van der Waals surface area contributed by atoms with E-state index in [1.807, 2.05) is 19.1 Å². The molecule has 1 saturated carbocycles. The molecule has 1 aromatic rings. The molecule has 0 saturated heterocycles. The first kappa shape index (κ1) is 18.3. The molecule has 0 heterocycles. The molecular formula is C20H33NO2. The lowest BCUT2D eigenvalue weighted by Gasteiger charge is -2.30. The zero-order valence-corrected chi connectivity index (χ0v) is 15.2. The molecule has 0 aromatic heterocycles. The third-order valence-corrected chi connectivity index (χ3v) is 4.79. The van der Waals surface area contributed by atoms with E-state index in [1.165, 1.54) is 32.1 Å². The summed E-state index contributed by atoms with van der Waals surface area (Å²) in [4.78, 5) is 0. The summed E-state index contributed by atoms with van der Waals surface area (Å²) in [7, 11) is 0. The van der Waals surface area contributed by atoms with Crippen molar-refractivity contribution in [2.75, 3.05) is 6.61 Å². The smallest absolute Gasteiger partial charge is 0.202 e. The fourth-order valence-corrected chi connectivity index (χ4v) is 3.22. The van der Waals surface area contributed by atoms with Crippen LogP contribution in [0, 0.1) is 11.3 Å². The van der Waals surface area contributed by atoms with Gasteiger partial charge in [-0.15, -0.1) is 0 Å². The molecular weight excluding hydrogens is 286 g/mol. The van der Waals surface area contributed by atoms with Gasteiger partial charge in [0, 0.05) is 18.6 Å². The van der Waals surface area contributed by atoms with Crippen LogP contribution in [0.25, 0.3) is 0 Å². The summed E-state index contributed by atoms with van der Waals surface area (Å²) in [5.41, 5.74) is 7.52. The summed E-state index contributed by atoms with van der Waals surface area (Å²) >= 11 is 0. The van der Waals surface area contributed by atoms with Gasteiger partial charge in [0.1, 0.15) is 5.75 Å². The quantitative estimate of drug-likeness (QED) is 0.746. The zero-order chi connectivity index (χ0) is 16.9. The summed E-state index contributed by atoms with van der Waals surface area (Å²) in [5, 5.41) is 0. The zero-order valence-electron chi connectivity index (χ0n) is 15.2. The normalized spacial score (nSPS) is 19.3. The van der Waals surface area contributed by atoms with Crippen molar-refractivity contribution >= 4 is 0 Å². The first-order valence-corrected chi connectivity index (χ1v) is 9.05. The second kappa shape index (κ2) is 8.16. The molecule has 0 radical (unpaired) electrons. The third-order valence-electron chi connectivity index (χ3n) is 4.79. The van der Waals surface area contributed by atoms with E-state index >= 15 is 0 Å². The van der Waals surface area contributed by atoms with Crippen molar-refractivity contribution in [3.63, 3.8) is 0 Å². The predicted molar refractivity (Wildman–Crippen MR) is 95.4 cm³/mol. The average molecular weight is 319 g/mol.